The summed E-state index contributed by atoms with van der Waals surface area (Å²) in [6.45, 7) is 2.04. The molecule has 4 nitrogen and oxygen atoms in total. The highest BCUT2D eigenvalue weighted by atomic mass is 32.1. The van der Waals surface area contributed by atoms with Crippen molar-refractivity contribution < 1.29 is 9.53 Å². The Morgan fingerprint density at radius 1 is 1.39 bits per heavy atom. The van der Waals surface area contributed by atoms with Crippen LogP contribution in [0.2, 0.25) is 0 Å². The zero-order valence-electron chi connectivity index (χ0n) is 10.7. The Balaban J connectivity index is 2.51. The number of benzene rings is 1. The monoisotopic (exact) mass is 266 g/mol. The van der Waals surface area contributed by atoms with E-state index in [1.54, 1.807) is 7.11 Å². The first kappa shape index (κ1) is 14.4. The molecule has 0 saturated heterocycles. The molecular formula is C13H18N2O2S. The van der Waals surface area contributed by atoms with E-state index in [9.17, 15) is 4.79 Å². The zero-order chi connectivity index (χ0) is 13.4. The standard InChI is InChI=1S/C13H18N2O2S/c1-3-4-9-12(16)15-13(18)14-10-7-5-6-8-11(10)17-2/h5-8H,3-4,9H2,1-2H3,(H2,14,15,16,18). The maximum atomic E-state index is 11.5. The molecule has 0 saturated carbocycles. The van der Waals surface area contributed by atoms with Crippen LogP contribution in [0.3, 0.4) is 0 Å². The minimum Gasteiger partial charge on any atom is -0.495 e. The highest BCUT2D eigenvalue weighted by molar-refractivity contribution is 7.80. The molecule has 1 amide bonds. The fourth-order valence-electron chi connectivity index (χ4n) is 1.43. The topological polar surface area (TPSA) is 50.4 Å². The van der Waals surface area contributed by atoms with E-state index >= 15 is 0 Å². The van der Waals surface area contributed by atoms with Gasteiger partial charge in [0.25, 0.3) is 0 Å². The van der Waals surface area contributed by atoms with Gasteiger partial charge in [-0.05, 0) is 30.8 Å². The number of unbranched alkanes of at least 4 members (excludes halogenated alkanes) is 1. The van der Waals surface area contributed by atoms with Crippen molar-refractivity contribution >= 4 is 28.9 Å². The number of carbonyl (C=O) groups excluding carboxylic acids is 1. The molecule has 0 spiro atoms. The number of hydrogen-bond donors (Lipinski definition) is 2. The molecule has 0 unspecified atom stereocenters. The lowest BCUT2D eigenvalue weighted by Crippen LogP contribution is -2.33. The number of ether oxygens (including phenoxy) is 1. The van der Waals surface area contributed by atoms with Crippen molar-refractivity contribution in [2.45, 2.75) is 26.2 Å². The number of nitrogens with one attached hydrogen (secondary N) is 2. The van der Waals surface area contributed by atoms with Crippen LogP contribution in [-0.2, 0) is 4.79 Å². The van der Waals surface area contributed by atoms with Gasteiger partial charge in [-0.1, -0.05) is 25.5 Å². The van der Waals surface area contributed by atoms with Crippen molar-refractivity contribution in [2.24, 2.45) is 0 Å². The van der Waals surface area contributed by atoms with Crippen molar-refractivity contribution in [3.8, 4) is 5.75 Å². The van der Waals surface area contributed by atoms with Gasteiger partial charge >= 0.3 is 0 Å². The largest absolute Gasteiger partial charge is 0.495 e. The molecule has 0 radical (unpaired) electrons. The van der Waals surface area contributed by atoms with Crippen LogP contribution in [0.4, 0.5) is 5.69 Å². The fraction of sp³-hybridized carbons (Fsp3) is 0.385. The second-order valence-corrected chi connectivity index (χ2v) is 4.21. The first-order chi connectivity index (χ1) is 8.67. The van der Waals surface area contributed by atoms with E-state index in [1.165, 1.54) is 0 Å². The average molecular weight is 266 g/mol. The number of para-hydroxylation sites is 2. The molecular weight excluding hydrogens is 248 g/mol. The number of hydrogen-bond acceptors (Lipinski definition) is 3. The lowest BCUT2D eigenvalue weighted by atomic mass is 10.2. The van der Waals surface area contributed by atoms with Crippen LogP contribution in [0.15, 0.2) is 24.3 Å². The van der Waals surface area contributed by atoms with E-state index in [-0.39, 0.29) is 5.91 Å². The number of methoxy groups -OCH3 is 1. The molecule has 0 aromatic heterocycles. The second kappa shape index (κ2) is 7.66. The van der Waals surface area contributed by atoms with Gasteiger partial charge in [0.2, 0.25) is 5.91 Å². The van der Waals surface area contributed by atoms with Gasteiger partial charge in [0.15, 0.2) is 5.11 Å². The van der Waals surface area contributed by atoms with E-state index < -0.39 is 0 Å². The highest BCUT2D eigenvalue weighted by Crippen LogP contribution is 2.22. The predicted octanol–water partition coefficient (Wildman–Crippen LogP) is 2.70. The van der Waals surface area contributed by atoms with Gasteiger partial charge in [0, 0.05) is 6.42 Å². The molecule has 0 aliphatic rings. The number of thiocarbonyl (C=S) groups is 1. The molecule has 0 fully saturated rings. The van der Waals surface area contributed by atoms with Gasteiger partial charge in [-0.2, -0.15) is 0 Å². The van der Waals surface area contributed by atoms with Crippen LogP contribution < -0.4 is 15.4 Å². The summed E-state index contributed by atoms with van der Waals surface area (Å²) < 4.78 is 5.18. The summed E-state index contributed by atoms with van der Waals surface area (Å²) in [6.07, 6.45) is 2.34. The lowest BCUT2D eigenvalue weighted by molar-refractivity contribution is -0.119. The number of anilines is 1. The van der Waals surface area contributed by atoms with Gasteiger partial charge in [-0.15, -0.1) is 0 Å². The van der Waals surface area contributed by atoms with Crippen LogP contribution in [-0.4, -0.2) is 18.1 Å². The molecule has 0 atom stereocenters. The van der Waals surface area contributed by atoms with Gasteiger partial charge in [0.05, 0.1) is 12.8 Å². The van der Waals surface area contributed by atoms with Crippen LogP contribution in [0.25, 0.3) is 0 Å². The Bertz CT molecular complexity index is 421. The molecule has 5 heteroatoms. The van der Waals surface area contributed by atoms with Crippen molar-refractivity contribution in [2.75, 3.05) is 12.4 Å². The van der Waals surface area contributed by atoms with Crippen molar-refractivity contribution in [1.82, 2.24) is 5.32 Å². The molecule has 1 aromatic rings. The quantitative estimate of drug-likeness (QED) is 0.805. The molecule has 2 N–H and O–H groups in total. The van der Waals surface area contributed by atoms with Crippen molar-refractivity contribution in [3.05, 3.63) is 24.3 Å². The number of amides is 1. The predicted molar refractivity (Wildman–Crippen MR) is 76.9 cm³/mol. The Labute approximate surface area is 113 Å². The van der Waals surface area contributed by atoms with Crippen LogP contribution in [0.5, 0.6) is 5.75 Å². The maximum Gasteiger partial charge on any atom is 0.226 e. The molecule has 0 aliphatic heterocycles. The molecule has 1 aromatic carbocycles. The first-order valence-electron chi connectivity index (χ1n) is 5.91. The van der Waals surface area contributed by atoms with E-state index in [4.69, 9.17) is 17.0 Å². The van der Waals surface area contributed by atoms with Crippen LogP contribution in [0.1, 0.15) is 26.2 Å². The van der Waals surface area contributed by atoms with Gasteiger partial charge in [0.1, 0.15) is 5.75 Å². The highest BCUT2D eigenvalue weighted by Gasteiger charge is 2.06. The summed E-state index contributed by atoms with van der Waals surface area (Å²) in [7, 11) is 1.59. The number of rotatable bonds is 5. The summed E-state index contributed by atoms with van der Waals surface area (Å²) >= 11 is 5.07. The lowest BCUT2D eigenvalue weighted by Gasteiger charge is -2.12. The fourth-order valence-corrected chi connectivity index (χ4v) is 1.65. The summed E-state index contributed by atoms with van der Waals surface area (Å²) in [6, 6.07) is 7.40. The van der Waals surface area contributed by atoms with Crippen LogP contribution >= 0.6 is 12.2 Å². The van der Waals surface area contributed by atoms with Gasteiger partial charge < -0.3 is 15.4 Å². The molecule has 0 aliphatic carbocycles. The molecule has 98 valence electrons. The summed E-state index contributed by atoms with van der Waals surface area (Å²) in [4.78, 5) is 11.5. The van der Waals surface area contributed by atoms with E-state index in [1.807, 2.05) is 31.2 Å². The summed E-state index contributed by atoms with van der Waals surface area (Å²) in [5.74, 6) is 0.618. The molecule has 1 rings (SSSR count). The van der Waals surface area contributed by atoms with Gasteiger partial charge in [-0.3, -0.25) is 4.79 Å². The Morgan fingerprint density at radius 2 is 2.11 bits per heavy atom. The third-order valence-electron chi connectivity index (χ3n) is 2.37. The average Bonchev–Trinajstić information content (AvgIpc) is 2.36. The second-order valence-electron chi connectivity index (χ2n) is 3.81. The minimum atomic E-state index is -0.0655. The Morgan fingerprint density at radius 3 is 2.78 bits per heavy atom. The number of carbonyl (C=O) groups is 1. The molecule has 18 heavy (non-hydrogen) atoms. The van der Waals surface area contributed by atoms with E-state index in [0.717, 1.165) is 18.5 Å². The molecule has 0 heterocycles. The smallest absolute Gasteiger partial charge is 0.226 e. The van der Waals surface area contributed by atoms with Gasteiger partial charge in [-0.25, -0.2) is 0 Å². The minimum absolute atomic E-state index is 0.0655. The molecule has 0 bridgehead atoms. The van der Waals surface area contributed by atoms with E-state index in [0.29, 0.717) is 17.3 Å². The zero-order valence-corrected chi connectivity index (χ0v) is 11.5. The third-order valence-corrected chi connectivity index (χ3v) is 2.57. The van der Waals surface area contributed by atoms with E-state index in [2.05, 4.69) is 10.6 Å². The van der Waals surface area contributed by atoms with Crippen molar-refractivity contribution in [3.63, 3.8) is 0 Å². The third kappa shape index (κ3) is 4.71. The Hall–Kier alpha value is -1.62. The summed E-state index contributed by atoms with van der Waals surface area (Å²) in [5, 5.41) is 5.88. The SMILES string of the molecule is CCCCC(=O)NC(=S)Nc1ccccc1OC. The maximum absolute atomic E-state index is 11.5. The van der Waals surface area contributed by atoms with Crippen molar-refractivity contribution in [1.29, 1.82) is 0 Å². The normalized spacial score (nSPS) is 9.67. The Kier molecular flexibility index (Phi) is 6.14. The van der Waals surface area contributed by atoms with Crippen LogP contribution in [0, 0.1) is 0 Å². The first-order valence-corrected chi connectivity index (χ1v) is 6.32. The summed E-state index contributed by atoms with van der Waals surface area (Å²) in [5.41, 5.74) is 0.737.